The number of aromatic nitrogens is 1. The summed E-state index contributed by atoms with van der Waals surface area (Å²) >= 11 is 1.30. The van der Waals surface area contributed by atoms with Crippen molar-refractivity contribution in [3.8, 4) is 28.8 Å². The first-order chi connectivity index (χ1) is 16.2. The van der Waals surface area contributed by atoms with Crippen LogP contribution in [0, 0.1) is 11.3 Å². The van der Waals surface area contributed by atoms with Gasteiger partial charge in [-0.25, -0.2) is 9.78 Å². The van der Waals surface area contributed by atoms with E-state index in [1.807, 2.05) is 72.8 Å². The van der Waals surface area contributed by atoms with Crippen LogP contribution in [0.1, 0.15) is 10.6 Å². The molecule has 0 unspecified atom stereocenters. The molecule has 3 aromatic carbocycles. The van der Waals surface area contributed by atoms with Gasteiger partial charge in [-0.1, -0.05) is 48.5 Å². The molecule has 0 atom stereocenters. The molecule has 0 aliphatic heterocycles. The van der Waals surface area contributed by atoms with Gasteiger partial charge in [-0.2, -0.15) is 5.26 Å². The first-order valence-electron chi connectivity index (χ1n) is 10.1. The van der Waals surface area contributed by atoms with Gasteiger partial charge in [-0.05, 0) is 48.0 Å². The van der Waals surface area contributed by atoms with Gasteiger partial charge in [-0.3, -0.25) is 0 Å². The number of para-hydroxylation sites is 2. The van der Waals surface area contributed by atoms with E-state index in [1.54, 1.807) is 23.6 Å². The molecular weight excluding hydrogens is 432 g/mol. The summed E-state index contributed by atoms with van der Waals surface area (Å²) in [5.41, 5.74) is 2.12. The Morgan fingerprint density at radius 3 is 2.61 bits per heavy atom. The number of fused-ring (bicyclic) bond motifs is 1. The largest absolute Gasteiger partial charge is 0.457 e. The zero-order valence-corrected chi connectivity index (χ0v) is 18.1. The molecule has 0 amide bonds. The molecule has 0 saturated carbocycles. The van der Waals surface area contributed by atoms with Gasteiger partial charge in [-0.15, -0.1) is 11.3 Å². The van der Waals surface area contributed by atoms with Gasteiger partial charge in [0.1, 0.15) is 28.2 Å². The minimum absolute atomic E-state index is 0.367. The van der Waals surface area contributed by atoms with E-state index in [4.69, 9.17) is 9.15 Å². The van der Waals surface area contributed by atoms with E-state index in [2.05, 4.69) is 11.1 Å². The lowest BCUT2D eigenvalue weighted by Gasteiger charge is -2.06. The van der Waals surface area contributed by atoms with Crippen molar-refractivity contribution in [1.82, 2.24) is 4.98 Å². The third kappa shape index (κ3) is 4.45. The lowest BCUT2D eigenvalue weighted by Crippen LogP contribution is -2.02. The predicted octanol–water partition coefficient (Wildman–Crippen LogP) is 6.77. The fourth-order valence-corrected chi connectivity index (χ4v) is 4.15. The summed E-state index contributed by atoms with van der Waals surface area (Å²) in [5, 5.41) is 12.9. The van der Waals surface area contributed by atoms with Crippen LogP contribution >= 0.6 is 11.3 Å². The topological polar surface area (TPSA) is 76.1 Å². The molecule has 158 valence electrons. The number of ether oxygens (including phenoxy) is 1. The summed E-state index contributed by atoms with van der Waals surface area (Å²) in [6.45, 7) is 0. The zero-order valence-electron chi connectivity index (χ0n) is 17.3. The van der Waals surface area contributed by atoms with Gasteiger partial charge in [0.05, 0.1) is 16.8 Å². The van der Waals surface area contributed by atoms with Crippen LogP contribution in [0.25, 0.3) is 33.9 Å². The second-order valence-corrected chi connectivity index (χ2v) is 8.04. The SMILES string of the molecule is N#C/C(=C/c1cccc(Oc2ccccc2)c1)c1nc(-c2cc3ccccc3oc2=O)cs1. The molecule has 0 fully saturated rings. The second kappa shape index (κ2) is 8.95. The first kappa shape index (κ1) is 20.4. The van der Waals surface area contributed by atoms with Crippen LogP contribution in [-0.2, 0) is 0 Å². The maximum atomic E-state index is 12.5. The van der Waals surface area contributed by atoms with Crippen molar-refractivity contribution in [2.75, 3.05) is 0 Å². The molecule has 0 aliphatic carbocycles. The molecule has 2 aromatic heterocycles. The third-order valence-electron chi connectivity index (χ3n) is 4.92. The number of hydrogen-bond acceptors (Lipinski definition) is 6. The van der Waals surface area contributed by atoms with E-state index >= 15 is 0 Å². The summed E-state index contributed by atoms with van der Waals surface area (Å²) < 4.78 is 11.3. The monoisotopic (exact) mass is 448 g/mol. The average molecular weight is 449 g/mol. The quantitative estimate of drug-likeness (QED) is 0.219. The highest BCUT2D eigenvalue weighted by Crippen LogP contribution is 2.28. The molecule has 33 heavy (non-hydrogen) atoms. The highest BCUT2D eigenvalue weighted by atomic mass is 32.1. The molecule has 2 heterocycles. The Bertz CT molecular complexity index is 1580. The zero-order chi connectivity index (χ0) is 22.6. The standard InChI is InChI=1S/C27H16N2O3S/c28-16-20(13-18-7-6-11-22(14-18)31-21-9-2-1-3-10-21)26-29-24(17-33-26)23-15-19-8-4-5-12-25(19)32-27(23)30/h1-15,17H/b20-13-. The summed E-state index contributed by atoms with van der Waals surface area (Å²) in [4.78, 5) is 17.0. The number of allylic oxidation sites excluding steroid dienone is 1. The van der Waals surface area contributed by atoms with Crippen LogP contribution < -0.4 is 10.4 Å². The Morgan fingerprint density at radius 1 is 0.970 bits per heavy atom. The summed E-state index contributed by atoms with van der Waals surface area (Å²) in [6.07, 6.45) is 1.75. The first-order valence-corrected chi connectivity index (χ1v) is 11.0. The molecular formula is C27H16N2O3S. The van der Waals surface area contributed by atoms with E-state index in [0.29, 0.717) is 33.2 Å². The van der Waals surface area contributed by atoms with Crippen LogP contribution in [0.3, 0.4) is 0 Å². The molecule has 0 saturated heterocycles. The molecule has 0 spiro atoms. The van der Waals surface area contributed by atoms with E-state index in [-0.39, 0.29) is 0 Å². The molecule has 0 radical (unpaired) electrons. The third-order valence-corrected chi connectivity index (χ3v) is 5.80. The minimum atomic E-state index is -0.459. The summed E-state index contributed by atoms with van der Waals surface area (Å²) in [7, 11) is 0. The molecule has 0 N–H and O–H groups in total. The summed E-state index contributed by atoms with van der Waals surface area (Å²) in [5.74, 6) is 1.40. The fourth-order valence-electron chi connectivity index (χ4n) is 3.36. The van der Waals surface area contributed by atoms with Crippen LogP contribution in [0.2, 0.25) is 0 Å². The highest BCUT2D eigenvalue weighted by Gasteiger charge is 2.14. The van der Waals surface area contributed by atoms with Crippen LogP contribution in [-0.4, -0.2) is 4.98 Å². The Labute approximate surface area is 193 Å². The number of thiazole rings is 1. The van der Waals surface area contributed by atoms with Gasteiger partial charge in [0.15, 0.2) is 0 Å². The minimum Gasteiger partial charge on any atom is -0.457 e. The van der Waals surface area contributed by atoms with Crippen molar-refractivity contribution in [3.05, 3.63) is 111 Å². The molecule has 5 nitrogen and oxygen atoms in total. The number of hydrogen-bond donors (Lipinski definition) is 0. The molecule has 0 aliphatic rings. The van der Waals surface area contributed by atoms with Crippen LogP contribution in [0.5, 0.6) is 11.5 Å². The average Bonchev–Trinajstić information content (AvgIpc) is 3.33. The maximum absolute atomic E-state index is 12.5. The van der Waals surface area contributed by atoms with Crippen molar-refractivity contribution in [3.63, 3.8) is 0 Å². The van der Waals surface area contributed by atoms with Crippen molar-refractivity contribution >= 4 is 34.0 Å². The predicted molar refractivity (Wildman–Crippen MR) is 130 cm³/mol. The fraction of sp³-hybridized carbons (Fsp3) is 0. The van der Waals surface area contributed by atoms with Gasteiger partial charge >= 0.3 is 5.63 Å². The Kier molecular flexibility index (Phi) is 5.54. The normalized spacial score (nSPS) is 11.3. The van der Waals surface area contributed by atoms with E-state index in [1.165, 1.54) is 11.3 Å². The lowest BCUT2D eigenvalue weighted by atomic mass is 10.1. The van der Waals surface area contributed by atoms with E-state index in [9.17, 15) is 10.1 Å². The van der Waals surface area contributed by atoms with Crippen molar-refractivity contribution in [2.24, 2.45) is 0 Å². The van der Waals surface area contributed by atoms with Gasteiger partial charge in [0.2, 0.25) is 0 Å². The maximum Gasteiger partial charge on any atom is 0.345 e. The Morgan fingerprint density at radius 2 is 1.76 bits per heavy atom. The second-order valence-electron chi connectivity index (χ2n) is 7.18. The van der Waals surface area contributed by atoms with E-state index in [0.717, 1.165) is 16.7 Å². The number of nitriles is 1. The van der Waals surface area contributed by atoms with Gasteiger partial charge < -0.3 is 9.15 Å². The highest BCUT2D eigenvalue weighted by molar-refractivity contribution is 7.11. The van der Waals surface area contributed by atoms with Crippen molar-refractivity contribution in [1.29, 1.82) is 5.26 Å². The summed E-state index contributed by atoms with van der Waals surface area (Å²) in [6, 6.07) is 28.3. The lowest BCUT2D eigenvalue weighted by molar-refractivity contribution is 0.482. The molecule has 6 heteroatoms. The van der Waals surface area contributed by atoms with Crippen LogP contribution in [0.4, 0.5) is 0 Å². The molecule has 0 bridgehead atoms. The number of nitrogens with zero attached hydrogens (tertiary/aromatic N) is 2. The van der Waals surface area contributed by atoms with Gasteiger partial charge in [0, 0.05) is 10.8 Å². The molecule has 5 rings (SSSR count). The van der Waals surface area contributed by atoms with Crippen molar-refractivity contribution in [2.45, 2.75) is 0 Å². The Balaban J connectivity index is 1.45. The van der Waals surface area contributed by atoms with Crippen molar-refractivity contribution < 1.29 is 9.15 Å². The van der Waals surface area contributed by atoms with E-state index < -0.39 is 5.63 Å². The smallest absolute Gasteiger partial charge is 0.345 e. The van der Waals surface area contributed by atoms with Crippen LogP contribution in [0.15, 0.2) is 99.5 Å². The van der Waals surface area contributed by atoms with Gasteiger partial charge in [0.25, 0.3) is 0 Å². The molecule has 5 aromatic rings. The Hall–Kier alpha value is -4.47. The number of rotatable bonds is 5. The number of benzene rings is 3.